The van der Waals surface area contributed by atoms with Gasteiger partial charge in [-0.2, -0.15) is 0 Å². The summed E-state index contributed by atoms with van der Waals surface area (Å²) < 4.78 is 1.42. The summed E-state index contributed by atoms with van der Waals surface area (Å²) in [5, 5.41) is 19.2. The number of fused-ring (bicyclic) bond motifs is 2. The molecule has 55 heavy (non-hydrogen) atoms. The van der Waals surface area contributed by atoms with E-state index in [4.69, 9.17) is 11.6 Å². The second kappa shape index (κ2) is 17.5. The first-order chi connectivity index (χ1) is 26.4. The summed E-state index contributed by atoms with van der Waals surface area (Å²) in [4.78, 5) is 65.5. The summed E-state index contributed by atoms with van der Waals surface area (Å²) >= 11 is 6.35. The summed E-state index contributed by atoms with van der Waals surface area (Å²) in [5.41, 5.74) is 2.52. The Hall–Kier alpha value is -5.17. The molecule has 12 nitrogen and oxygen atoms in total. The van der Waals surface area contributed by atoms with E-state index >= 15 is 0 Å². The molecule has 0 bridgehead atoms. The molecule has 0 unspecified atom stereocenters. The van der Waals surface area contributed by atoms with E-state index in [1.54, 1.807) is 42.5 Å². The molecule has 288 valence electrons. The number of aryl methyl sites for hydroxylation is 1. The average Bonchev–Trinajstić information content (AvgIpc) is 3.16. The van der Waals surface area contributed by atoms with Crippen molar-refractivity contribution in [3.8, 4) is 0 Å². The predicted molar refractivity (Wildman–Crippen MR) is 215 cm³/mol. The molecule has 2 aromatic heterocycles. The Kier molecular flexibility index (Phi) is 12.6. The highest BCUT2D eigenvalue weighted by Crippen LogP contribution is 2.28. The number of carbonyl (C=O) groups is 3. The maximum absolute atomic E-state index is 14.0. The molecule has 3 amide bonds. The number of nitrogens with zero attached hydrogens (tertiary/aromatic N) is 5. The minimum Gasteiger partial charge on any atom is -0.388 e. The summed E-state index contributed by atoms with van der Waals surface area (Å²) in [7, 11) is 3.80. The number of aliphatic hydroxyl groups is 1. The Bertz CT molecular complexity index is 2240. The minimum absolute atomic E-state index is 0.0132. The lowest BCUT2D eigenvalue weighted by atomic mass is 9.88. The van der Waals surface area contributed by atoms with E-state index in [0.29, 0.717) is 97.4 Å². The fourth-order valence-electron chi connectivity index (χ4n) is 7.09. The Labute approximate surface area is 325 Å². The molecule has 1 aliphatic rings. The minimum atomic E-state index is -1.20. The highest BCUT2D eigenvalue weighted by molar-refractivity contribution is 6.35. The third kappa shape index (κ3) is 10.1. The molecule has 0 aliphatic carbocycles. The van der Waals surface area contributed by atoms with Crippen molar-refractivity contribution in [2.75, 3.05) is 45.6 Å². The van der Waals surface area contributed by atoms with Crippen molar-refractivity contribution in [1.29, 1.82) is 0 Å². The summed E-state index contributed by atoms with van der Waals surface area (Å²) in [5.74, 6) is -0.636. The van der Waals surface area contributed by atoms with E-state index in [9.17, 15) is 24.3 Å². The van der Waals surface area contributed by atoms with Crippen LogP contribution in [0.15, 0.2) is 83.9 Å². The van der Waals surface area contributed by atoms with Crippen molar-refractivity contribution in [2.24, 2.45) is 5.92 Å². The van der Waals surface area contributed by atoms with Gasteiger partial charge in [0, 0.05) is 60.8 Å². The van der Waals surface area contributed by atoms with Crippen LogP contribution in [0.25, 0.3) is 21.8 Å². The Morgan fingerprint density at radius 2 is 1.73 bits per heavy atom. The van der Waals surface area contributed by atoms with Crippen molar-refractivity contribution >= 4 is 56.8 Å². The Morgan fingerprint density at radius 1 is 0.982 bits per heavy atom. The third-order valence-electron chi connectivity index (χ3n) is 10.2. The zero-order valence-electron chi connectivity index (χ0n) is 31.6. The number of hydrogen-bond donors (Lipinski definition) is 3. The molecule has 1 aliphatic heterocycles. The largest absolute Gasteiger partial charge is 0.388 e. The van der Waals surface area contributed by atoms with Crippen molar-refractivity contribution in [1.82, 2.24) is 29.7 Å². The van der Waals surface area contributed by atoms with Gasteiger partial charge in [-0.1, -0.05) is 48.0 Å². The molecule has 3 aromatic carbocycles. The van der Waals surface area contributed by atoms with Crippen LogP contribution in [-0.2, 0) is 22.6 Å². The number of amides is 3. The maximum Gasteiger partial charge on any atom is 0.261 e. The molecule has 3 heterocycles. The van der Waals surface area contributed by atoms with Crippen LogP contribution >= 0.6 is 11.6 Å². The smallest absolute Gasteiger partial charge is 0.261 e. The van der Waals surface area contributed by atoms with Gasteiger partial charge in [0.2, 0.25) is 11.8 Å². The number of aromatic nitrogens is 3. The molecule has 1 atom stereocenters. The first kappa shape index (κ1) is 39.5. The Morgan fingerprint density at radius 3 is 2.47 bits per heavy atom. The molecule has 0 radical (unpaired) electrons. The number of hydrogen-bond acceptors (Lipinski definition) is 8. The Balaban J connectivity index is 1.05. The van der Waals surface area contributed by atoms with Crippen LogP contribution in [0.4, 0.5) is 5.69 Å². The summed E-state index contributed by atoms with van der Waals surface area (Å²) in [6.07, 6.45) is 4.12. The first-order valence-corrected chi connectivity index (χ1v) is 19.1. The second-order valence-corrected chi connectivity index (χ2v) is 15.2. The lowest BCUT2D eigenvalue weighted by Crippen LogP contribution is -2.51. The zero-order valence-corrected chi connectivity index (χ0v) is 32.3. The molecular weight excluding hydrogens is 718 g/mol. The highest BCUT2D eigenvalue weighted by Gasteiger charge is 2.36. The monoisotopic (exact) mass is 765 g/mol. The van der Waals surface area contributed by atoms with Crippen LogP contribution in [-0.4, -0.2) is 93.0 Å². The van der Waals surface area contributed by atoms with Gasteiger partial charge in [-0.05, 0) is 95.1 Å². The van der Waals surface area contributed by atoms with Gasteiger partial charge in [-0.25, -0.2) is 4.98 Å². The number of benzene rings is 3. The maximum atomic E-state index is 14.0. The van der Waals surface area contributed by atoms with Gasteiger partial charge in [0.05, 0.1) is 39.9 Å². The van der Waals surface area contributed by atoms with E-state index in [2.05, 4.69) is 20.6 Å². The van der Waals surface area contributed by atoms with Crippen molar-refractivity contribution in [2.45, 2.75) is 57.6 Å². The molecule has 1 fully saturated rings. The fraction of sp³-hybridized carbons (Fsp3) is 0.381. The standard InChI is InChI=1S/C42H48ClN7O5/c1-28-22-35(43)33-13-11-30(24-37(33)46-28)39(52)44-18-7-10-31(23-29-8-5-4-6-9-29)40(53)49-20-16-42(55,17-21-49)26-50-27-45-36-25-32(12-14-34(36)41(50)54)47-38(51)15-19-48(2)3/h4-6,8-9,11-14,22,24-25,27,31,55H,7,10,15-21,23,26H2,1-3H3,(H,44,52)(H,47,51)/t31-/m1/s1. The average molecular weight is 766 g/mol. The lowest BCUT2D eigenvalue weighted by Gasteiger charge is -2.39. The number of nitrogens with one attached hydrogen (secondary N) is 2. The van der Waals surface area contributed by atoms with Crippen molar-refractivity contribution < 1.29 is 19.5 Å². The topological polar surface area (TPSA) is 150 Å². The predicted octanol–water partition coefficient (Wildman–Crippen LogP) is 5.22. The van der Waals surface area contributed by atoms with Crippen LogP contribution in [0.1, 0.15) is 53.7 Å². The zero-order chi connectivity index (χ0) is 39.1. The number of rotatable bonds is 14. The number of anilines is 1. The van der Waals surface area contributed by atoms with Gasteiger partial charge in [-0.15, -0.1) is 0 Å². The second-order valence-electron chi connectivity index (χ2n) is 14.8. The molecular formula is C42H48ClN7O5. The van der Waals surface area contributed by atoms with Crippen LogP contribution in [0, 0.1) is 12.8 Å². The van der Waals surface area contributed by atoms with Crippen molar-refractivity contribution in [3.63, 3.8) is 0 Å². The first-order valence-electron chi connectivity index (χ1n) is 18.7. The fourth-order valence-corrected chi connectivity index (χ4v) is 7.41. The number of likely N-dealkylation sites (tertiary alicyclic amines) is 1. The molecule has 0 saturated carbocycles. The van der Waals surface area contributed by atoms with Crippen LogP contribution in [0.3, 0.4) is 0 Å². The van der Waals surface area contributed by atoms with Gasteiger partial charge >= 0.3 is 0 Å². The van der Waals surface area contributed by atoms with Gasteiger partial charge < -0.3 is 25.5 Å². The third-order valence-corrected chi connectivity index (χ3v) is 10.5. The van der Waals surface area contributed by atoms with Crippen LogP contribution < -0.4 is 16.2 Å². The van der Waals surface area contributed by atoms with Crippen LogP contribution in [0.2, 0.25) is 5.02 Å². The number of pyridine rings is 1. The number of carbonyl (C=O) groups excluding carboxylic acids is 3. The van der Waals surface area contributed by atoms with E-state index in [1.165, 1.54) is 10.9 Å². The SMILES string of the molecule is Cc1cc(Cl)c2ccc(C(=O)NCCC[C@H](Cc3ccccc3)C(=O)N3CCC(O)(Cn4cnc5cc(NC(=O)CCN(C)C)ccc5c4=O)CC3)cc2n1. The number of halogens is 1. The van der Waals surface area contributed by atoms with E-state index in [1.807, 2.05) is 61.2 Å². The van der Waals surface area contributed by atoms with Gasteiger partial charge in [0.15, 0.2) is 0 Å². The summed E-state index contributed by atoms with van der Waals surface area (Å²) in [6.45, 7) is 3.63. The quantitative estimate of drug-likeness (QED) is 0.130. The number of piperidine rings is 1. The molecule has 13 heteroatoms. The highest BCUT2D eigenvalue weighted by atomic mass is 35.5. The van der Waals surface area contributed by atoms with Gasteiger partial charge in [-0.3, -0.25) is 28.7 Å². The van der Waals surface area contributed by atoms with E-state index in [0.717, 1.165) is 16.6 Å². The van der Waals surface area contributed by atoms with Crippen LogP contribution in [0.5, 0.6) is 0 Å². The molecule has 3 N–H and O–H groups in total. The lowest BCUT2D eigenvalue weighted by molar-refractivity contribution is -0.140. The van der Waals surface area contributed by atoms with E-state index < -0.39 is 5.60 Å². The summed E-state index contributed by atoms with van der Waals surface area (Å²) in [6, 6.07) is 22.0. The van der Waals surface area contributed by atoms with Gasteiger partial charge in [0.25, 0.3) is 11.5 Å². The van der Waals surface area contributed by atoms with E-state index in [-0.39, 0.29) is 35.7 Å². The molecule has 1 saturated heterocycles. The normalized spacial score (nSPS) is 14.6. The molecule has 0 spiro atoms. The van der Waals surface area contributed by atoms with Crippen molar-refractivity contribution in [3.05, 3.63) is 111 Å². The molecule has 6 rings (SSSR count). The molecule has 5 aromatic rings. The van der Waals surface area contributed by atoms with Gasteiger partial charge in [0.1, 0.15) is 0 Å².